The molecule has 0 bridgehead atoms. The summed E-state index contributed by atoms with van der Waals surface area (Å²) in [5.74, 6) is -1.42. The molecule has 0 aromatic heterocycles. The van der Waals surface area contributed by atoms with Crippen molar-refractivity contribution in [2.24, 2.45) is 0 Å². The van der Waals surface area contributed by atoms with Crippen LogP contribution in [0.5, 0.6) is 0 Å². The first-order valence-electron chi connectivity index (χ1n) is 7.61. The average molecular weight is 352 g/mol. The number of hydrogen-bond donors (Lipinski definition) is 2. The summed E-state index contributed by atoms with van der Waals surface area (Å²) in [6, 6.07) is 4.64. The van der Waals surface area contributed by atoms with Gasteiger partial charge in [-0.15, -0.1) is 6.58 Å². The molecule has 130 valence electrons. The van der Waals surface area contributed by atoms with Crippen molar-refractivity contribution in [2.45, 2.75) is 30.2 Å². The van der Waals surface area contributed by atoms with Gasteiger partial charge >= 0.3 is 5.97 Å². The third-order valence-electron chi connectivity index (χ3n) is 3.88. The van der Waals surface area contributed by atoms with E-state index in [9.17, 15) is 23.1 Å². The molecule has 1 unspecified atom stereocenters. The van der Waals surface area contributed by atoms with Gasteiger partial charge in [0.1, 0.15) is 6.04 Å². The minimum Gasteiger partial charge on any atom is -0.480 e. The van der Waals surface area contributed by atoms with Crippen LogP contribution in [0.4, 0.5) is 0 Å². The molecule has 0 radical (unpaired) electrons. The third-order valence-corrected chi connectivity index (χ3v) is 5.32. The first-order chi connectivity index (χ1) is 11.4. The standard InChI is InChI=1S/C16H20N2O5S/c1-2-10-17-24(22,23)13-8-6-12(7-9-13)15(19)18-11-4-3-5-14(18)16(20)21/h2,6-9,14,17H,1,3-5,10-11H2,(H,20,21). The number of carboxylic acids is 1. The fraction of sp³-hybridized carbons (Fsp3) is 0.375. The number of benzene rings is 1. The maximum atomic E-state index is 12.5. The van der Waals surface area contributed by atoms with Crippen LogP contribution in [-0.2, 0) is 14.8 Å². The lowest BCUT2D eigenvalue weighted by Crippen LogP contribution is -2.47. The van der Waals surface area contributed by atoms with Crippen LogP contribution >= 0.6 is 0 Å². The Labute approximate surface area is 141 Å². The molecule has 1 amide bonds. The number of rotatable bonds is 6. The van der Waals surface area contributed by atoms with E-state index in [1.165, 1.54) is 35.2 Å². The minimum atomic E-state index is -3.65. The summed E-state index contributed by atoms with van der Waals surface area (Å²) >= 11 is 0. The van der Waals surface area contributed by atoms with Gasteiger partial charge in [0.15, 0.2) is 0 Å². The topological polar surface area (TPSA) is 104 Å². The van der Waals surface area contributed by atoms with Crippen LogP contribution in [-0.4, -0.2) is 49.4 Å². The molecule has 1 aromatic carbocycles. The number of carboxylic acid groups (broad SMARTS) is 1. The third kappa shape index (κ3) is 4.01. The molecule has 0 saturated carbocycles. The molecule has 1 heterocycles. The highest BCUT2D eigenvalue weighted by molar-refractivity contribution is 7.89. The predicted octanol–water partition coefficient (Wildman–Crippen LogP) is 1.23. The van der Waals surface area contributed by atoms with E-state index in [4.69, 9.17) is 0 Å². The Kier molecular flexibility index (Phi) is 5.74. The lowest BCUT2D eigenvalue weighted by Gasteiger charge is -2.33. The molecule has 2 N–H and O–H groups in total. The van der Waals surface area contributed by atoms with E-state index in [2.05, 4.69) is 11.3 Å². The SMILES string of the molecule is C=CCNS(=O)(=O)c1ccc(C(=O)N2CCCCC2C(=O)O)cc1. The largest absolute Gasteiger partial charge is 0.480 e. The first kappa shape index (κ1) is 18.2. The molecule has 2 rings (SSSR count). The van der Waals surface area contributed by atoms with Crippen molar-refractivity contribution in [1.29, 1.82) is 0 Å². The highest BCUT2D eigenvalue weighted by Gasteiger charge is 2.32. The van der Waals surface area contributed by atoms with Gasteiger partial charge < -0.3 is 10.0 Å². The van der Waals surface area contributed by atoms with Gasteiger partial charge in [0.05, 0.1) is 4.90 Å². The second-order valence-electron chi connectivity index (χ2n) is 5.51. The summed E-state index contributed by atoms with van der Waals surface area (Å²) in [6.45, 7) is 3.94. The molecule has 1 aliphatic heterocycles. The van der Waals surface area contributed by atoms with Crippen molar-refractivity contribution in [3.8, 4) is 0 Å². The number of sulfonamides is 1. The van der Waals surface area contributed by atoms with Crippen LogP contribution in [0.2, 0.25) is 0 Å². The first-order valence-corrected chi connectivity index (χ1v) is 9.09. The Morgan fingerprint density at radius 3 is 2.54 bits per heavy atom. The second-order valence-corrected chi connectivity index (χ2v) is 7.28. The van der Waals surface area contributed by atoms with E-state index in [1.807, 2.05) is 0 Å². The van der Waals surface area contributed by atoms with Gasteiger partial charge in [-0.25, -0.2) is 17.9 Å². The molecular weight excluding hydrogens is 332 g/mol. The van der Waals surface area contributed by atoms with Gasteiger partial charge in [0.25, 0.3) is 5.91 Å². The zero-order valence-corrected chi connectivity index (χ0v) is 14.0. The molecule has 1 saturated heterocycles. The highest BCUT2D eigenvalue weighted by atomic mass is 32.2. The Balaban J connectivity index is 2.19. The minimum absolute atomic E-state index is 0.0364. The van der Waals surface area contributed by atoms with E-state index < -0.39 is 27.9 Å². The summed E-state index contributed by atoms with van der Waals surface area (Å²) in [5, 5.41) is 9.25. The van der Waals surface area contributed by atoms with Crippen LogP contribution in [0.1, 0.15) is 29.6 Å². The molecule has 1 aromatic rings. The fourth-order valence-corrected chi connectivity index (χ4v) is 3.62. The highest BCUT2D eigenvalue weighted by Crippen LogP contribution is 2.21. The molecule has 0 spiro atoms. The lowest BCUT2D eigenvalue weighted by atomic mass is 10.0. The predicted molar refractivity (Wildman–Crippen MR) is 88.1 cm³/mol. The maximum absolute atomic E-state index is 12.5. The van der Waals surface area contributed by atoms with Crippen LogP contribution in [0.25, 0.3) is 0 Å². The number of aliphatic carboxylic acids is 1. The molecule has 24 heavy (non-hydrogen) atoms. The number of likely N-dealkylation sites (tertiary alicyclic amines) is 1. The van der Waals surface area contributed by atoms with E-state index in [-0.39, 0.29) is 17.0 Å². The summed E-state index contributed by atoms with van der Waals surface area (Å²) in [5.41, 5.74) is 0.269. The van der Waals surface area contributed by atoms with Crippen LogP contribution in [0, 0.1) is 0 Å². The van der Waals surface area contributed by atoms with Crippen molar-refractivity contribution in [3.05, 3.63) is 42.5 Å². The molecular formula is C16H20N2O5S. The average Bonchev–Trinajstić information content (AvgIpc) is 2.59. The normalized spacial score (nSPS) is 18.2. The van der Waals surface area contributed by atoms with Crippen LogP contribution in [0.15, 0.2) is 41.8 Å². The van der Waals surface area contributed by atoms with E-state index in [0.717, 1.165) is 12.8 Å². The van der Waals surface area contributed by atoms with Crippen molar-refractivity contribution in [1.82, 2.24) is 9.62 Å². The Hall–Kier alpha value is -2.19. The zero-order chi connectivity index (χ0) is 17.7. The number of carbonyl (C=O) groups excluding carboxylic acids is 1. The number of carbonyl (C=O) groups is 2. The van der Waals surface area contributed by atoms with Crippen molar-refractivity contribution in [3.63, 3.8) is 0 Å². The molecule has 8 heteroatoms. The van der Waals surface area contributed by atoms with Crippen molar-refractivity contribution in [2.75, 3.05) is 13.1 Å². The molecule has 1 atom stereocenters. The molecule has 0 aliphatic carbocycles. The number of nitrogens with one attached hydrogen (secondary N) is 1. The lowest BCUT2D eigenvalue weighted by molar-refractivity contribution is -0.143. The van der Waals surface area contributed by atoms with Gasteiger partial charge in [0, 0.05) is 18.7 Å². The zero-order valence-electron chi connectivity index (χ0n) is 13.1. The number of piperidine rings is 1. The van der Waals surface area contributed by atoms with E-state index >= 15 is 0 Å². The Bertz CT molecular complexity index is 727. The van der Waals surface area contributed by atoms with E-state index in [1.54, 1.807) is 0 Å². The van der Waals surface area contributed by atoms with Crippen LogP contribution < -0.4 is 4.72 Å². The van der Waals surface area contributed by atoms with Crippen molar-refractivity contribution >= 4 is 21.9 Å². The molecule has 1 fully saturated rings. The second kappa shape index (κ2) is 7.59. The number of nitrogens with zero attached hydrogens (tertiary/aromatic N) is 1. The summed E-state index contributed by atoms with van der Waals surface area (Å²) in [7, 11) is -3.65. The van der Waals surface area contributed by atoms with Gasteiger partial charge in [-0.3, -0.25) is 4.79 Å². The Morgan fingerprint density at radius 2 is 1.96 bits per heavy atom. The van der Waals surface area contributed by atoms with Gasteiger partial charge in [-0.1, -0.05) is 6.08 Å². The summed E-state index contributed by atoms with van der Waals surface area (Å²) in [6.07, 6.45) is 3.39. The van der Waals surface area contributed by atoms with Crippen molar-refractivity contribution < 1.29 is 23.1 Å². The summed E-state index contributed by atoms with van der Waals surface area (Å²) in [4.78, 5) is 25.2. The van der Waals surface area contributed by atoms with E-state index in [0.29, 0.717) is 13.0 Å². The Morgan fingerprint density at radius 1 is 1.29 bits per heavy atom. The number of hydrogen-bond acceptors (Lipinski definition) is 4. The van der Waals surface area contributed by atoms with Gasteiger partial charge in [0.2, 0.25) is 10.0 Å². The van der Waals surface area contributed by atoms with Gasteiger partial charge in [-0.05, 0) is 43.5 Å². The molecule has 1 aliphatic rings. The maximum Gasteiger partial charge on any atom is 0.326 e. The quantitative estimate of drug-likeness (QED) is 0.750. The monoisotopic (exact) mass is 352 g/mol. The fourth-order valence-electron chi connectivity index (χ4n) is 2.63. The summed E-state index contributed by atoms with van der Waals surface area (Å²) < 4.78 is 26.3. The molecule has 7 nitrogen and oxygen atoms in total. The van der Waals surface area contributed by atoms with Crippen LogP contribution in [0.3, 0.4) is 0 Å². The van der Waals surface area contributed by atoms with Gasteiger partial charge in [-0.2, -0.15) is 0 Å². The number of amides is 1. The smallest absolute Gasteiger partial charge is 0.326 e.